The van der Waals surface area contributed by atoms with Gasteiger partial charge in [0.05, 0.1) is 11.5 Å². The first-order chi connectivity index (χ1) is 6.09. The molecule has 0 radical (unpaired) electrons. The number of halogens is 1. The Morgan fingerprint density at radius 1 is 1.69 bits per heavy atom. The second-order valence-corrected chi connectivity index (χ2v) is 4.73. The van der Waals surface area contributed by atoms with Crippen LogP contribution in [0.3, 0.4) is 0 Å². The molecular weight excluding hydrogens is 184 g/mol. The Morgan fingerprint density at radius 3 is 2.85 bits per heavy atom. The smallest absolute Gasteiger partial charge is 0.0700 e. The van der Waals surface area contributed by atoms with Crippen molar-refractivity contribution in [1.82, 2.24) is 4.90 Å². The molecule has 0 N–H and O–H groups in total. The van der Waals surface area contributed by atoms with E-state index in [1.165, 1.54) is 0 Å². The minimum absolute atomic E-state index is 0.119. The van der Waals surface area contributed by atoms with Crippen LogP contribution in [0.5, 0.6) is 0 Å². The molecule has 1 fully saturated rings. The van der Waals surface area contributed by atoms with Crippen LogP contribution in [0.25, 0.3) is 0 Å². The SMILES string of the molecule is CC(CCl)CN1CCC(C)(C#N)C1. The minimum Gasteiger partial charge on any atom is -0.301 e. The van der Waals surface area contributed by atoms with Crippen LogP contribution < -0.4 is 0 Å². The van der Waals surface area contributed by atoms with Crippen LogP contribution in [0.4, 0.5) is 0 Å². The van der Waals surface area contributed by atoms with Crippen LogP contribution >= 0.6 is 11.6 Å². The first kappa shape index (κ1) is 10.8. The summed E-state index contributed by atoms with van der Waals surface area (Å²) in [5.41, 5.74) is -0.119. The number of rotatable bonds is 3. The van der Waals surface area contributed by atoms with Crippen molar-refractivity contribution in [1.29, 1.82) is 5.26 Å². The molecule has 2 atom stereocenters. The van der Waals surface area contributed by atoms with Gasteiger partial charge >= 0.3 is 0 Å². The van der Waals surface area contributed by atoms with Gasteiger partial charge in [0.15, 0.2) is 0 Å². The lowest BCUT2D eigenvalue weighted by atomic mass is 9.92. The monoisotopic (exact) mass is 200 g/mol. The third-order valence-electron chi connectivity index (χ3n) is 2.66. The van der Waals surface area contributed by atoms with E-state index >= 15 is 0 Å². The third-order valence-corrected chi connectivity index (χ3v) is 3.18. The highest BCUT2D eigenvalue weighted by Crippen LogP contribution is 2.29. The molecule has 0 aromatic heterocycles. The van der Waals surface area contributed by atoms with Crippen LogP contribution in [0.2, 0.25) is 0 Å². The van der Waals surface area contributed by atoms with E-state index in [4.69, 9.17) is 16.9 Å². The predicted molar refractivity (Wildman–Crippen MR) is 54.7 cm³/mol. The van der Waals surface area contributed by atoms with E-state index in [2.05, 4.69) is 17.9 Å². The van der Waals surface area contributed by atoms with Crippen molar-refractivity contribution in [3.8, 4) is 6.07 Å². The molecule has 74 valence electrons. The molecule has 1 heterocycles. The summed E-state index contributed by atoms with van der Waals surface area (Å²) in [6.45, 7) is 7.17. The van der Waals surface area contributed by atoms with Gasteiger partial charge in [0.1, 0.15) is 0 Å². The number of likely N-dealkylation sites (tertiary alicyclic amines) is 1. The van der Waals surface area contributed by atoms with Crippen molar-refractivity contribution >= 4 is 11.6 Å². The van der Waals surface area contributed by atoms with Gasteiger partial charge in [-0.1, -0.05) is 6.92 Å². The van der Waals surface area contributed by atoms with Gasteiger partial charge in [0, 0.05) is 19.0 Å². The Bertz CT molecular complexity index is 211. The van der Waals surface area contributed by atoms with Crippen molar-refractivity contribution < 1.29 is 0 Å². The van der Waals surface area contributed by atoms with E-state index < -0.39 is 0 Å². The second kappa shape index (κ2) is 4.30. The summed E-state index contributed by atoms with van der Waals surface area (Å²) in [7, 11) is 0. The first-order valence-corrected chi connectivity index (χ1v) is 5.33. The van der Waals surface area contributed by atoms with Gasteiger partial charge in [-0.15, -0.1) is 11.6 Å². The molecule has 0 spiro atoms. The van der Waals surface area contributed by atoms with E-state index in [-0.39, 0.29) is 5.41 Å². The van der Waals surface area contributed by atoms with E-state index in [1.807, 2.05) is 6.92 Å². The molecule has 0 amide bonds. The summed E-state index contributed by atoms with van der Waals surface area (Å²) in [6, 6.07) is 2.39. The fourth-order valence-electron chi connectivity index (χ4n) is 1.79. The van der Waals surface area contributed by atoms with Crippen LogP contribution in [-0.4, -0.2) is 30.4 Å². The molecule has 1 aliphatic heterocycles. The fraction of sp³-hybridized carbons (Fsp3) is 0.900. The van der Waals surface area contributed by atoms with Crippen LogP contribution in [-0.2, 0) is 0 Å². The van der Waals surface area contributed by atoms with Crippen molar-refractivity contribution in [3.63, 3.8) is 0 Å². The van der Waals surface area contributed by atoms with Gasteiger partial charge in [-0.2, -0.15) is 5.26 Å². The zero-order valence-electron chi connectivity index (χ0n) is 8.39. The van der Waals surface area contributed by atoms with Gasteiger partial charge in [-0.3, -0.25) is 0 Å². The molecule has 0 aromatic carbocycles. The van der Waals surface area contributed by atoms with E-state index in [0.29, 0.717) is 11.8 Å². The summed E-state index contributed by atoms with van der Waals surface area (Å²) < 4.78 is 0. The molecule has 13 heavy (non-hydrogen) atoms. The molecule has 0 aliphatic carbocycles. The Morgan fingerprint density at radius 2 is 2.38 bits per heavy atom. The molecule has 0 saturated carbocycles. The van der Waals surface area contributed by atoms with Gasteiger partial charge < -0.3 is 4.90 Å². The quantitative estimate of drug-likeness (QED) is 0.653. The van der Waals surface area contributed by atoms with Gasteiger partial charge in [-0.05, 0) is 25.8 Å². The summed E-state index contributed by atoms with van der Waals surface area (Å²) in [5.74, 6) is 1.24. The number of nitriles is 1. The first-order valence-electron chi connectivity index (χ1n) is 4.79. The van der Waals surface area contributed by atoms with Crippen LogP contribution in [0.15, 0.2) is 0 Å². The lowest BCUT2D eigenvalue weighted by Gasteiger charge is -2.20. The Labute approximate surface area is 85.5 Å². The molecule has 1 aliphatic rings. The zero-order valence-corrected chi connectivity index (χ0v) is 9.14. The molecule has 1 rings (SSSR count). The van der Waals surface area contributed by atoms with Crippen molar-refractivity contribution in [2.45, 2.75) is 20.3 Å². The maximum Gasteiger partial charge on any atom is 0.0700 e. The Hall–Kier alpha value is -0.260. The van der Waals surface area contributed by atoms with Gasteiger partial charge in [0.25, 0.3) is 0 Å². The standard InChI is InChI=1S/C10H17ClN2/c1-9(5-11)6-13-4-3-10(2,7-12)8-13/h9H,3-6,8H2,1-2H3. The van der Waals surface area contributed by atoms with Gasteiger partial charge in [-0.25, -0.2) is 0 Å². The average Bonchev–Trinajstić information content (AvgIpc) is 2.48. The highest BCUT2D eigenvalue weighted by Gasteiger charge is 2.33. The molecule has 3 heteroatoms. The summed E-state index contributed by atoms with van der Waals surface area (Å²) in [6.07, 6.45) is 0.999. The highest BCUT2D eigenvalue weighted by atomic mass is 35.5. The predicted octanol–water partition coefficient (Wildman–Crippen LogP) is 2.10. The zero-order chi connectivity index (χ0) is 9.90. The summed E-state index contributed by atoms with van der Waals surface area (Å²) in [5, 5.41) is 8.93. The largest absolute Gasteiger partial charge is 0.301 e. The molecule has 2 nitrogen and oxygen atoms in total. The number of alkyl halides is 1. The van der Waals surface area contributed by atoms with E-state index in [1.54, 1.807) is 0 Å². The van der Waals surface area contributed by atoms with Gasteiger partial charge in [0.2, 0.25) is 0 Å². The molecule has 1 saturated heterocycles. The lowest BCUT2D eigenvalue weighted by molar-refractivity contribution is 0.278. The van der Waals surface area contributed by atoms with Crippen molar-refractivity contribution in [2.24, 2.45) is 11.3 Å². The molecule has 0 bridgehead atoms. The molecule has 0 aromatic rings. The van der Waals surface area contributed by atoms with E-state index in [0.717, 1.165) is 26.1 Å². The summed E-state index contributed by atoms with van der Waals surface area (Å²) >= 11 is 5.74. The highest BCUT2D eigenvalue weighted by molar-refractivity contribution is 6.18. The second-order valence-electron chi connectivity index (χ2n) is 4.42. The Balaban J connectivity index is 2.38. The molecule has 2 unspecified atom stereocenters. The van der Waals surface area contributed by atoms with Crippen LogP contribution in [0, 0.1) is 22.7 Å². The maximum absolute atomic E-state index is 8.93. The average molecular weight is 201 g/mol. The number of hydrogen-bond acceptors (Lipinski definition) is 2. The topological polar surface area (TPSA) is 27.0 Å². The number of hydrogen-bond donors (Lipinski definition) is 0. The normalized spacial score (nSPS) is 31.5. The third kappa shape index (κ3) is 2.86. The Kier molecular flexibility index (Phi) is 3.58. The van der Waals surface area contributed by atoms with Crippen molar-refractivity contribution in [2.75, 3.05) is 25.5 Å². The fourth-order valence-corrected chi connectivity index (χ4v) is 1.89. The lowest BCUT2D eigenvalue weighted by Crippen LogP contribution is -2.29. The number of nitrogens with zero attached hydrogens (tertiary/aromatic N) is 2. The molecular formula is C10H17ClN2. The maximum atomic E-state index is 8.93. The van der Waals surface area contributed by atoms with Crippen LogP contribution in [0.1, 0.15) is 20.3 Å². The minimum atomic E-state index is -0.119. The van der Waals surface area contributed by atoms with E-state index in [9.17, 15) is 0 Å². The van der Waals surface area contributed by atoms with Crippen molar-refractivity contribution in [3.05, 3.63) is 0 Å². The summed E-state index contributed by atoms with van der Waals surface area (Å²) in [4.78, 5) is 2.34.